The molecule has 0 spiro atoms. The number of carbonyl (C=O) groups is 2. The molecule has 12 nitrogen and oxygen atoms in total. The van der Waals surface area contributed by atoms with E-state index in [1.165, 1.54) is 6.33 Å². The smallest absolute Gasteiger partial charge is 0.460 e. The van der Waals surface area contributed by atoms with E-state index >= 15 is 0 Å². The Kier molecular flexibility index (Phi) is 10.3. The van der Waals surface area contributed by atoms with Crippen molar-refractivity contribution in [2.24, 2.45) is 0 Å². The number of nitrogen functional groups attached to an aromatic ring is 1. The van der Waals surface area contributed by atoms with Crippen LogP contribution in [0, 0.1) is 6.08 Å². The van der Waals surface area contributed by atoms with Gasteiger partial charge < -0.3 is 29.1 Å². The molecular weight excluding hydrogens is 565 g/mol. The van der Waals surface area contributed by atoms with Crippen LogP contribution in [0.25, 0.3) is 11.2 Å². The van der Waals surface area contributed by atoms with Gasteiger partial charge in [-0.2, -0.15) is 14.4 Å². The summed E-state index contributed by atoms with van der Waals surface area (Å²) in [5, 5.41) is -0.0490. The second-order valence-corrected chi connectivity index (χ2v) is 18.3. The second kappa shape index (κ2) is 12.8. The largest absolute Gasteiger partial charge is 0.508 e. The predicted octanol–water partition coefficient (Wildman–Crippen LogP) is 5.67. The maximum atomic E-state index is 14.0. The number of halogens is 1. The molecule has 0 amide bonds. The third-order valence-electron chi connectivity index (χ3n) is 7.66. The molecule has 42 heavy (non-hydrogen) atoms. The number of fused-ring (bicyclic) bond motifs is 1. The summed E-state index contributed by atoms with van der Waals surface area (Å²) in [5.74, 6) is -0.332. The molecule has 3 heterocycles. The lowest BCUT2D eigenvalue weighted by Crippen LogP contribution is -2.49. The fourth-order valence-electron chi connectivity index (χ4n) is 4.25. The van der Waals surface area contributed by atoms with Crippen molar-refractivity contribution in [2.45, 2.75) is 122 Å². The quantitative estimate of drug-likeness (QED) is 0.145. The minimum absolute atomic E-state index is 0.0490. The Hall–Kier alpha value is -2.84. The van der Waals surface area contributed by atoms with Crippen molar-refractivity contribution < 1.29 is 37.4 Å². The number of carbonyl (C=O) groups excluding carboxylic acids is 2. The topological polar surface area (TPSA) is 150 Å². The van der Waals surface area contributed by atoms with E-state index in [-0.39, 0.29) is 47.6 Å². The van der Waals surface area contributed by atoms with Crippen LogP contribution in [0.3, 0.4) is 0 Å². The van der Waals surface area contributed by atoms with Gasteiger partial charge in [-0.1, -0.05) is 20.8 Å². The number of rotatable bonds is 11. The average molecular weight is 612 g/mol. The van der Waals surface area contributed by atoms with Gasteiger partial charge >= 0.3 is 18.2 Å². The van der Waals surface area contributed by atoms with Crippen LogP contribution in [0.5, 0.6) is 0 Å². The van der Waals surface area contributed by atoms with Crippen LogP contribution < -0.4 is 5.73 Å². The third-order valence-corrected chi connectivity index (χ3v) is 12.1. The van der Waals surface area contributed by atoms with Crippen molar-refractivity contribution in [3.63, 3.8) is 0 Å². The van der Waals surface area contributed by atoms with Gasteiger partial charge in [0.15, 0.2) is 25.3 Å². The van der Waals surface area contributed by atoms with Crippen LogP contribution in [-0.2, 0) is 28.2 Å². The van der Waals surface area contributed by atoms with Gasteiger partial charge in [0, 0.05) is 12.8 Å². The number of aromatic nitrogens is 4. The van der Waals surface area contributed by atoms with Crippen LogP contribution >= 0.6 is 0 Å². The summed E-state index contributed by atoms with van der Waals surface area (Å²) in [6.45, 7) is 18.3. The fraction of sp³-hybridized carbons (Fsp3) is 0.750. The SMILES string of the molecule is CC(C)(C)OC(=O)CCCCCOC(=O)O[C@H]1C[C@H](n2cnc3c(N)nc(F)nc32)O[C@]1(C)CO[Si](C)(C)C(C)(C)C. The number of ether oxygens (including phenoxy) is 4. The van der Waals surface area contributed by atoms with Gasteiger partial charge in [-0.3, -0.25) is 9.36 Å². The molecule has 0 saturated carbocycles. The van der Waals surface area contributed by atoms with Gasteiger partial charge in [-0.25, -0.2) is 9.78 Å². The molecule has 236 valence electrons. The van der Waals surface area contributed by atoms with E-state index < -0.39 is 44.1 Å². The molecule has 1 aliphatic heterocycles. The van der Waals surface area contributed by atoms with Crippen molar-refractivity contribution in [3.05, 3.63) is 12.4 Å². The molecule has 0 aliphatic carbocycles. The number of anilines is 1. The number of hydrogen-bond donors (Lipinski definition) is 1. The summed E-state index contributed by atoms with van der Waals surface area (Å²) >= 11 is 0. The van der Waals surface area contributed by atoms with Crippen molar-refractivity contribution >= 4 is 37.4 Å². The number of nitrogens with two attached hydrogens (primary N) is 1. The molecule has 14 heteroatoms. The van der Waals surface area contributed by atoms with Gasteiger partial charge in [0.1, 0.15) is 23.5 Å². The summed E-state index contributed by atoms with van der Waals surface area (Å²) in [7, 11) is -2.18. The summed E-state index contributed by atoms with van der Waals surface area (Å²) in [6, 6.07) is 0. The van der Waals surface area contributed by atoms with Crippen LogP contribution in [0.2, 0.25) is 18.1 Å². The first kappa shape index (κ1) is 33.7. The number of hydrogen-bond acceptors (Lipinski definition) is 11. The molecule has 3 atom stereocenters. The highest BCUT2D eigenvalue weighted by atomic mass is 28.4. The first-order chi connectivity index (χ1) is 19.3. The maximum Gasteiger partial charge on any atom is 0.508 e. The zero-order valence-electron chi connectivity index (χ0n) is 26.3. The molecule has 1 saturated heterocycles. The maximum absolute atomic E-state index is 14.0. The van der Waals surface area contributed by atoms with E-state index in [1.54, 1.807) is 4.57 Å². The number of nitrogens with zero attached hydrogens (tertiary/aromatic N) is 4. The standard InChI is InChI=1S/C28H46FN5O7Si/c1-26(2,3)41-20(35)13-11-10-12-14-37-25(36)39-18-15-19(34-17-31-21-22(30)32-24(29)33-23(21)34)40-28(18,7)16-38-42(8,9)27(4,5)6/h17-19H,10-16H2,1-9H3,(H2,30,32,33)/t18-,19+,28+/m0/s1. The van der Waals surface area contributed by atoms with E-state index in [1.807, 2.05) is 27.7 Å². The Morgan fingerprint density at radius 1 is 1.17 bits per heavy atom. The normalized spacial score (nSPS) is 21.5. The Morgan fingerprint density at radius 2 is 1.86 bits per heavy atom. The first-order valence-electron chi connectivity index (χ1n) is 14.3. The minimum atomic E-state index is -2.18. The highest BCUT2D eigenvalue weighted by molar-refractivity contribution is 6.74. The zero-order valence-corrected chi connectivity index (χ0v) is 27.3. The molecule has 2 aromatic heterocycles. The van der Waals surface area contributed by atoms with Gasteiger partial charge in [0.25, 0.3) is 0 Å². The fourth-order valence-corrected chi connectivity index (χ4v) is 5.33. The molecule has 1 aliphatic rings. The molecule has 0 unspecified atom stereocenters. The van der Waals surface area contributed by atoms with Crippen LogP contribution in [0.1, 0.15) is 86.8 Å². The first-order valence-corrected chi connectivity index (χ1v) is 17.2. The summed E-state index contributed by atoms with van der Waals surface area (Å²) in [4.78, 5) is 36.2. The third kappa shape index (κ3) is 8.60. The molecule has 0 aromatic carbocycles. The van der Waals surface area contributed by atoms with Crippen molar-refractivity contribution in [3.8, 4) is 0 Å². The van der Waals surface area contributed by atoms with E-state index in [0.29, 0.717) is 25.7 Å². The van der Waals surface area contributed by atoms with E-state index in [2.05, 4.69) is 48.8 Å². The lowest BCUT2D eigenvalue weighted by atomic mass is 10.0. The lowest BCUT2D eigenvalue weighted by Gasteiger charge is -2.39. The average Bonchev–Trinajstić information content (AvgIpc) is 3.39. The molecule has 0 bridgehead atoms. The van der Waals surface area contributed by atoms with Crippen molar-refractivity contribution in [1.82, 2.24) is 19.5 Å². The van der Waals surface area contributed by atoms with E-state index in [4.69, 9.17) is 29.1 Å². The Labute approximate surface area is 247 Å². The van der Waals surface area contributed by atoms with Crippen LogP contribution in [0.15, 0.2) is 6.33 Å². The minimum Gasteiger partial charge on any atom is -0.460 e. The molecular formula is C28H46FN5O7Si. The van der Waals surface area contributed by atoms with E-state index in [0.717, 1.165) is 0 Å². The lowest BCUT2D eigenvalue weighted by molar-refractivity contribution is -0.154. The van der Waals surface area contributed by atoms with E-state index in [9.17, 15) is 14.0 Å². The Morgan fingerprint density at radius 3 is 2.50 bits per heavy atom. The van der Waals surface area contributed by atoms with Crippen molar-refractivity contribution in [1.29, 1.82) is 0 Å². The highest BCUT2D eigenvalue weighted by Gasteiger charge is 2.51. The van der Waals surface area contributed by atoms with Crippen molar-refractivity contribution in [2.75, 3.05) is 18.9 Å². The molecule has 0 radical (unpaired) electrons. The summed E-state index contributed by atoms with van der Waals surface area (Å²) in [6.07, 6.45) is 0.618. The van der Waals surface area contributed by atoms with Gasteiger partial charge in [0.2, 0.25) is 0 Å². The number of imidazole rings is 1. The molecule has 2 aromatic rings. The summed E-state index contributed by atoms with van der Waals surface area (Å²) in [5.41, 5.74) is 4.70. The number of esters is 1. The summed E-state index contributed by atoms with van der Waals surface area (Å²) < 4.78 is 44.9. The molecule has 2 N–H and O–H groups in total. The number of unbranched alkanes of at least 4 members (excludes halogenated alkanes) is 2. The predicted molar refractivity (Wildman–Crippen MR) is 157 cm³/mol. The van der Waals surface area contributed by atoms with Gasteiger partial charge in [-0.05, 0) is 65.1 Å². The zero-order chi connectivity index (χ0) is 31.5. The van der Waals surface area contributed by atoms with Crippen LogP contribution in [0.4, 0.5) is 15.0 Å². The molecule has 1 fully saturated rings. The highest BCUT2D eigenvalue weighted by Crippen LogP contribution is 2.43. The molecule has 3 rings (SSSR count). The monoisotopic (exact) mass is 611 g/mol. The van der Waals surface area contributed by atoms with Gasteiger partial charge in [-0.15, -0.1) is 0 Å². The van der Waals surface area contributed by atoms with Gasteiger partial charge in [0.05, 0.1) is 19.5 Å². The Bertz CT molecular complexity index is 1260. The Balaban J connectivity index is 1.65. The second-order valence-electron chi connectivity index (χ2n) is 13.5. The van der Waals surface area contributed by atoms with Crippen LogP contribution in [-0.4, -0.2) is 70.5 Å².